The van der Waals surface area contributed by atoms with E-state index in [4.69, 9.17) is 11.6 Å². The lowest BCUT2D eigenvalue weighted by Gasteiger charge is -2.14. The van der Waals surface area contributed by atoms with E-state index in [2.05, 4.69) is 17.4 Å². The van der Waals surface area contributed by atoms with E-state index < -0.39 is 11.2 Å². The van der Waals surface area contributed by atoms with Gasteiger partial charge in [0.1, 0.15) is 6.54 Å². The van der Waals surface area contributed by atoms with Gasteiger partial charge in [0, 0.05) is 11.6 Å². The Morgan fingerprint density at radius 3 is 2.36 bits per heavy atom. The van der Waals surface area contributed by atoms with E-state index in [-0.39, 0.29) is 19.0 Å². The standard InChI is InChI=1S/C26H24ClN3O3/c27-21-12-6-10-20(16-21)17-30-25(32)22-13-4-5-14-23(22)29(26(30)33)18-24(31)28-15-7-11-19-8-2-1-3-9-19/h1-6,8-10,12-14,16H,7,11,15,17-18H2,(H,28,31). The van der Waals surface area contributed by atoms with Gasteiger partial charge in [-0.15, -0.1) is 0 Å². The summed E-state index contributed by atoms with van der Waals surface area (Å²) in [7, 11) is 0. The molecule has 7 heteroatoms. The van der Waals surface area contributed by atoms with Crippen LogP contribution in [0.3, 0.4) is 0 Å². The number of rotatable bonds is 8. The number of nitrogens with zero attached hydrogens (tertiary/aromatic N) is 2. The molecule has 0 aliphatic carbocycles. The molecule has 33 heavy (non-hydrogen) atoms. The molecule has 168 valence electrons. The van der Waals surface area contributed by atoms with Crippen molar-refractivity contribution in [2.45, 2.75) is 25.9 Å². The first-order valence-corrected chi connectivity index (χ1v) is 11.2. The second-order valence-corrected chi connectivity index (χ2v) is 8.28. The average Bonchev–Trinajstić information content (AvgIpc) is 2.83. The van der Waals surface area contributed by atoms with Gasteiger partial charge in [0.2, 0.25) is 5.91 Å². The molecule has 0 bridgehead atoms. The summed E-state index contributed by atoms with van der Waals surface area (Å²) in [6.45, 7) is 0.408. The summed E-state index contributed by atoms with van der Waals surface area (Å²) in [6.07, 6.45) is 1.65. The maximum absolute atomic E-state index is 13.3. The van der Waals surface area contributed by atoms with Crippen LogP contribution in [0.5, 0.6) is 0 Å². The fourth-order valence-electron chi connectivity index (χ4n) is 3.85. The third kappa shape index (κ3) is 5.41. The first-order chi connectivity index (χ1) is 16.0. The van der Waals surface area contributed by atoms with Crippen LogP contribution in [0.25, 0.3) is 10.9 Å². The van der Waals surface area contributed by atoms with Crippen molar-refractivity contribution in [3.05, 3.63) is 116 Å². The zero-order chi connectivity index (χ0) is 23.2. The number of fused-ring (bicyclic) bond motifs is 1. The van der Waals surface area contributed by atoms with Crippen LogP contribution in [0.2, 0.25) is 5.02 Å². The van der Waals surface area contributed by atoms with Crippen LogP contribution in [0, 0.1) is 0 Å². The molecule has 1 amide bonds. The molecule has 0 fully saturated rings. The Morgan fingerprint density at radius 2 is 1.58 bits per heavy atom. The molecule has 1 aromatic heterocycles. The monoisotopic (exact) mass is 461 g/mol. The number of carbonyl (C=O) groups is 1. The van der Waals surface area contributed by atoms with E-state index in [1.807, 2.05) is 18.2 Å². The van der Waals surface area contributed by atoms with Gasteiger partial charge in [-0.25, -0.2) is 4.79 Å². The first-order valence-electron chi connectivity index (χ1n) is 10.8. The Labute approximate surface area is 196 Å². The van der Waals surface area contributed by atoms with Gasteiger partial charge in [0.05, 0.1) is 17.4 Å². The highest BCUT2D eigenvalue weighted by Crippen LogP contribution is 2.12. The van der Waals surface area contributed by atoms with Crippen molar-refractivity contribution >= 4 is 28.4 Å². The molecule has 0 saturated carbocycles. The molecular formula is C26H24ClN3O3. The smallest absolute Gasteiger partial charge is 0.332 e. The van der Waals surface area contributed by atoms with Crippen LogP contribution in [-0.2, 0) is 24.3 Å². The van der Waals surface area contributed by atoms with Gasteiger partial charge in [-0.05, 0) is 48.2 Å². The maximum atomic E-state index is 13.3. The zero-order valence-electron chi connectivity index (χ0n) is 18.0. The molecular weight excluding hydrogens is 438 g/mol. The summed E-state index contributed by atoms with van der Waals surface area (Å²) in [5, 5.41) is 3.79. The lowest BCUT2D eigenvalue weighted by atomic mass is 10.1. The van der Waals surface area contributed by atoms with Gasteiger partial charge < -0.3 is 5.32 Å². The quantitative estimate of drug-likeness (QED) is 0.407. The number of halogens is 1. The molecule has 0 unspecified atom stereocenters. The molecule has 0 aliphatic heterocycles. The number of para-hydroxylation sites is 1. The normalized spacial score (nSPS) is 10.9. The van der Waals surface area contributed by atoms with Gasteiger partial charge in [-0.1, -0.05) is 66.2 Å². The predicted molar refractivity (Wildman–Crippen MR) is 131 cm³/mol. The molecule has 0 saturated heterocycles. The van der Waals surface area contributed by atoms with Crippen molar-refractivity contribution < 1.29 is 4.79 Å². The van der Waals surface area contributed by atoms with Crippen LogP contribution >= 0.6 is 11.6 Å². The summed E-state index contributed by atoms with van der Waals surface area (Å²) in [5.74, 6) is -0.275. The number of aryl methyl sites for hydroxylation is 1. The number of carbonyl (C=O) groups excluding carboxylic acids is 1. The predicted octanol–water partition coefficient (Wildman–Crippen LogP) is 3.61. The zero-order valence-corrected chi connectivity index (χ0v) is 18.8. The molecule has 3 aromatic carbocycles. The minimum atomic E-state index is -0.530. The number of hydrogen-bond donors (Lipinski definition) is 1. The Bertz CT molecular complexity index is 1390. The molecule has 1 N–H and O–H groups in total. The molecule has 0 aliphatic rings. The van der Waals surface area contributed by atoms with Gasteiger partial charge in [-0.3, -0.25) is 18.7 Å². The fraction of sp³-hybridized carbons (Fsp3) is 0.192. The van der Waals surface area contributed by atoms with Gasteiger partial charge in [0.15, 0.2) is 0 Å². The van der Waals surface area contributed by atoms with Crippen molar-refractivity contribution in [1.29, 1.82) is 0 Å². The Kier molecular flexibility index (Phi) is 7.05. The minimum Gasteiger partial charge on any atom is -0.355 e. The van der Waals surface area contributed by atoms with Crippen molar-refractivity contribution in [2.24, 2.45) is 0 Å². The van der Waals surface area contributed by atoms with E-state index >= 15 is 0 Å². The first kappa shape index (κ1) is 22.6. The third-order valence-corrected chi connectivity index (χ3v) is 5.71. The van der Waals surface area contributed by atoms with Gasteiger partial charge in [0.25, 0.3) is 5.56 Å². The highest BCUT2D eigenvalue weighted by molar-refractivity contribution is 6.30. The van der Waals surface area contributed by atoms with E-state index in [9.17, 15) is 14.4 Å². The molecule has 0 atom stereocenters. The minimum absolute atomic E-state index is 0.0712. The van der Waals surface area contributed by atoms with Crippen molar-refractivity contribution in [3.8, 4) is 0 Å². The van der Waals surface area contributed by atoms with E-state index in [1.165, 1.54) is 10.1 Å². The Morgan fingerprint density at radius 1 is 0.848 bits per heavy atom. The lowest BCUT2D eigenvalue weighted by molar-refractivity contribution is -0.121. The summed E-state index contributed by atoms with van der Waals surface area (Å²) in [4.78, 5) is 38.9. The topological polar surface area (TPSA) is 73.1 Å². The van der Waals surface area contributed by atoms with Crippen LogP contribution < -0.4 is 16.6 Å². The second kappa shape index (κ2) is 10.3. The number of aromatic nitrogens is 2. The SMILES string of the molecule is O=C(Cn1c(=O)n(Cc2cccc(Cl)c2)c(=O)c2ccccc21)NCCCc1ccccc1. The summed E-state index contributed by atoms with van der Waals surface area (Å²) >= 11 is 6.06. The van der Waals surface area contributed by atoms with E-state index in [0.717, 1.165) is 23.0 Å². The molecule has 4 aromatic rings. The molecule has 0 spiro atoms. The van der Waals surface area contributed by atoms with Crippen LogP contribution in [0.15, 0.2) is 88.5 Å². The summed E-state index contributed by atoms with van der Waals surface area (Å²) < 4.78 is 2.50. The van der Waals surface area contributed by atoms with E-state index in [0.29, 0.717) is 22.5 Å². The van der Waals surface area contributed by atoms with Crippen molar-refractivity contribution in [1.82, 2.24) is 14.5 Å². The number of benzene rings is 3. The second-order valence-electron chi connectivity index (χ2n) is 7.85. The van der Waals surface area contributed by atoms with Gasteiger partial charge >= 0.3 is 5.69 Å². The summed E-state index contributed by atoms with van der Waals surface area (Å²) in [6, 6.07) is 23.9. The average molecular weight is 462 g/mol. The molecule has 4 rings (SSSR count). The third-order valence-electron chi connectivity index (χ3n) is 5.47. The lowest BCUT2D eigenvalue weighted by Crippen LogP contribution is -2.43. The summed E-state index contributed by atoms with van der Waals surface area (Å²) in [5.41, 5.74) is 1.46. The van der Waals surface area contributed by atoms with Crippen LogP contribution in [0.1, 0.15) is 17.5 Å². The molecule has 6 nitrogen and oxygen atoms in total. The molecule has 1 heterocycles. The Hall–Kier alpha value is -3.64. The Balaban J connectivity index is 1.55. The van der Waals surface area contributed by atoms with Gasteiger partial charge in [-0.2, -0.15) is 0 Å². The maximum Gasteiger partial charge on any atom is 0.332 e. The van der Waals surface area contributed by atoms with Crippen molar-refractivity contribution in [2.75, 3.05) is 6.54 Å². The highest BCUT2D eigenvalue weighted by Gasteiger charge is 2.15. The number of amides is 1. The molecule has 0 radical (unpaired) electrons. The fourth-order valence-corrected chi connectivity index (χ4v) is 4.06. The van der Waals surface area contributed by atoms with Crippen molar-refractivity contribution in [3.63, 3.8) is 0 Å². The van der Waals surface area contributed by atoms with Crippen LogP contribution in [0.4, 0.5) is 0 Å². The highest BCUT2D eigenvalue weighted by atomic mass is 35.5. The largest absolute Gasteiger partial charge is 0.355 e. The number of hydrogen-bond acceptors (Lipinski definition) is 3. The number of nitrogens with one attached hydrogen (secondary N) is 1. The van der Waals surface area contributed by atoms with Crippen LogP contribution in [-0.4, -0.2) is 21.6 Å². The van der Waals surface area contributed by atoms with E-state index in [1.54, 1.807) is 48.5 Å².